The van der Waals surface area contributed by atoms with Crippen molar-refractivity contribution in [1.29, 1.82) is 0 Å². The summed E-state index contributed by atoms with van der Waals surface area (Å²) in [6.07, 6.45) is 7.26. The standard InChI is InChI=1S/C31H33ClN2O3/c1-33(2)27-16-14-23(15-17-27)25-12-13-26(29(32)20-25)21-34(31(37)24-8-4-3-5-9-24)28-10-6-7-22(19-28)11-18-30(35)36/h6-7,10-20,24H,3-5,8-9,21H2,1-2H3,(H,35,36)/b18-11+/i21D. The molecule has 0 aromatic heterocycles. The molecule has 1 amide bonds. The summed E-state index contributed by atoms with van der Waals surface area (Å²) >= 11 is 6.75. The lowest BCUT2D eigenvalue weighted by molar-refractivity contribution is -0.131. The smallest absolute Gasteiger partial charge is 0.328 e. The molecule has 37 heavy (non-hydrogen) atoms. The Kier molecular flexibility index (Phi) is 8.21. The van der Waals surface area contributed by atoms with E-state index in [0.717, 1.165) is 55.0 Å². The number of rotatable bonds is 8. The van der Waals surface area contributed by atoms with Gasteiger partial charge in [-0.1, -0.05) is 67.3 Å². The van der Waals surface area contributed by atoms with Gasteiger partial charge in [-0.15, -0.1) is 0 Å². The zero-order valence-electron chi connectivity index (χ0n) is 22.2. The van der Waals surface area contributed by atoms with E-state index in [4.69, 9.17) is 16.7 Å². The molecule has 192 valence electrons. The summed E-state index contributed by atoms with van der Waals surface area (Å²) in [4.78, 5) is 28.4. The number of halogens is 1. The highest BCUT2D eigenvalue weighted by Gasteiger charge is 2.27. The zero-order valence-corrected chi connectivity index (χ0v) is 22.0. The van der Waals surface area contributed by atoms with E-state index in [1.807, 2.05) is 61.5 Å². The maximum absolute atomic E-state index is 13.8. The maximum Gasteiger partial charge on any atom is 0.328 e. The fourth-order valence-electron chi connectivity index (χ4n) is 4.66. The van der Waals surface area contributed by atoms with Crippen LogP contribution in [0.2, 0.25) is 5.02 Å². The van der Waals surface area contributed by atoms with E-state index in [2.05, 4.69) is 0 Å². The van der Waals surface area contributed by atoms with E-state index < -0.39 is 12.5 Å². The van der Waals surface area contributed by atoms with Crippen molar-refractivity contribution in [1.82, 2.24) is 0 Å². The highest BCUT2D eigenvalue weighted by atomic mass is 35.5. The molecule has 0 radical (unpaired) electrons. The van der Waals surface area contributed by atoms with E-state index in [9.17, 15) is 11.0 Å². The quantitative estimate of drug-likeness (QED) is 0.319. The third kappa shape index (κ3) is 6.80. The highest BCUT2D eigenvalue weighted by molar-refractivity contribution is 6.31. The van der Waals surface area contributed by atoms with Crippen LogP contribution < -0.4 is 9.80 Å². The molecule has 1 N–H and O–H groups in total. The summed E-state index contributed by atoms with van der Waals surface area (Å²) in [6.45, 7) is -1.05. The van der Waals surface area contributed by atoms with Crippen LogP contribution in [0.15, 0.2) is 72.8 Å². The van der Waals surface area contributed by atoms with E-state index in [1.165, 1.54) is 11.0 Å². The molecule has 4 rings (SSSR count). The molecule has 0 saturated heterocycles. The second-order valence-electron chi connectivity index (χ2n) is 9.62. The molecular formula is C31H33ClN2O3. The molecule has 1 aliphatic rings. The first-order valence-electron chi connectivity index (χ1n) is 13.2. The van der Waals surface area contributed by atoms with Gasteiger partial charge in [0.05, 0.1) is 7.89 Å². The number of carbonyl (C=O) groups excluding carboxylic acids is 1. The first kappa shape index (κ1) is 25.1. The highest BCUT2D eigenvalue weighted by Crippen LogP contribution is 2.32. The maximum atomic E-state index is 13.8. The molecule has 3 aromatic rings. The minimum atomic E-state index is -1.05. The second kappa shape index (κ2) is 12.1. The van der Waals surface area contributed by atoms with E-state index in [1.54, 1.807) is 24.3 Å². The Morgan fingerprint density at radius 1 is 0.973 bits per heavy atom. The first-order chi connectivity index (χ1) is 18.2. The lowest BCUT2D eigenvalue weighted by atomic mass is 9.88. The van der Waals surface area contributed by atoms with E-state index in [-0.39, 0.29) is 11.8 Å². The van der Waals surface area contributed by atoms with Gasteiger partial charge < -0.3 is 14.9 Å². The van der Waals surface area contributed by atoms with Crippen LogP contribution in [0.1, 0.15) is 44.6 Å². The van der Waals surface area contributed by atoms with Crippen LogP contribution in [0.25, 0.3) is 17.2 Å². The molecule has 1 atom stereocenters. The molecule has 5 nitrogen and oxygen atoms in total. The van der Waals surface area contributed by atoms with Gasteiger partial charge in [-0.05, 0) is 71.5 Å². The van der Waals surface area contributed by atoms with Crippen molar-refractivity contribution in [3.63, 3.8) is 0 Å². The Balaban J connectivity index is 1.69. The summed E-state index contributed by atoms with van der Waals surface area (Å²) in [5, 5.41) is 9.44. The van der Waals surface area contributed by atoms with Gasteiger partial charge in [0, 0.05) is 42.5 Å². The Morgan fingerprint density at radius 3 is 2.32 bits per heavy atom. The van der Waals surface area contributed by atoms with Gasteiger partial charge in [0.25, 0.3) is 0 Å². The van der Waals surface area contributed by atoms with E-state index in [0.29, 0.717) is 21.8 Å². The van der Waals surface area contributed by atoms with Gasteiger partial charge in [0.15, 0.2) is 0 Å². The summed E-state index contributed by atoms with van der Waals surface area (Å²) < 4.78 is 9.19. The van der Waals surface area contributed by atoms with Crippen molar-refractivity contribution in [2.24, 2.45) is 5.92 Å². The van der Waals surface area contributed by atoms with Crippen LogP contribution in [0.3, 0.4) is 0 Å². The lowest BCUT2D eigenvalue weighted by Crippen LogP contribution is -2.36. The van der Waals surface area contributed by atoms with Crippen LogP contribution >= 0.6 is 11.6 Å². The number of benzene rings is 3. The number of nitrogens with zero attached hydrogens (tertiary/aromatic N) is 2. The van der Waals surface area contributed by atoms with Crippen molar-refractivity contribution in [3.8, 4) is 11.1 Å². The van der Waals surface area contributed by atoms with Gasteiger partial charge >= 0.3 is 5.97 Å². The third-order valence-corrected chi connectivity index (χ3v) is 7.07. The van der Waals surface area contributed by atoms with Crippen molar-refractivity contribution in [3.05, 3.63) is 89.0 Å². The number of aliphatic carboxylic acids is 1. The molecule has 1 saturated carbocycles. The Labute approximate surface area is 225 Å². The molecule has 0 bridgehead atoms. The number of carboxylic acid groups (broad SMARTS) is 1. The Bertz CT molecular complexity index is 1320. The fraction of sp³-hybridized carbons (Fsp3) is 0.290. The zero-order chi connectivity index (χ0) is 27.2. The van der Waals surface area contributed by atoms with Gasteiger partial charge in [-0.2, -0.15) is 0 Å². The molecule has 1 unspecified atom stereocenters. The Hall–Kier alpha value is -3.57. The van der Waals surface area contributed by atoms with Gasteiger partial charge in [-0.3, -0.25) is 4.79 Å². The molecule has 1 fully saturated rings. The number of hydrogen-bond donors (Lipinski definition) is 1. The minimum Gasteiger partial charge on any atom is -0.478 e. The van der Waals surface area contributed by atoms with Gasteiger partial charge in [0.2, 0.25) is 5.91 Å². The summed E-state index contributed by atoms with van der Waals surface area (Å²) in [6, 6.07) is 20.8. The van der Waals surface area contributed by atoms with Crippen molar-refractivity contribution in [2.75, 3.05) is 23.9 Å². The average molecular weight is 518 g/mol. The number of amides is 1. The third-order valence-electron chi connectivity index (χ3n) is 6.74. The first-order valence-corrected chi connectivity index (χ1v) is 13.0. The SMILES string of the molecule is [2H]C(c1ccc(-c2ccc(N(C)C)cc2)cc1Cl)N(C(=O)C1CCCCC1)c1cccc(/C=C/C(=O)O)c1. The predicted octanol–water partition coefficient (Wildman–Crippen LogP) is 7.28. The molecule has 0 heterocycles. The van der Waals surface area contributed by atoms with Crippen LogP contribution in [0.5, 0.6) is 0 Å². The molecular weight excluding hydrogens is 484 g/mol. The molecule has 1 aliphatic carbocycles. The summed E-state index contributed by atoms with van der Waals surface area (Å²) in [7, 11) is 3.99. The Morgan fingerprint density at radius 2 is 1.68 bits per heavy atom. The topological polar surface area (TPSA) is 60.9 Å². The van der Waals surface area contributed by atoms with Gasteiger partial charge in [-0.25, -0.2) is 4.79 Å². The number of carboxylic acids is 1. The normalized spacial score (nSPS) is 15.3. The number of hydrogen-bond acceptors (Lipinski definition) is 3. The molecule has 6 heteroatoms. The van der Waals surface area contributed by atoms with Crippen molar-refractivity contribution >= 4 is 40.9 Å². The number of anilines is 2. The van der Waals surface area contributed by atoms with Crippen molar-refractivity contribution < 1.29 is 16.1 Å². The predicted molar refractivity (Wildman–Crippen MR) is 152 cm³/mol. The number of carbonyl (C=O) groups is 2. The van der Waals surface area contributed by atoms with Crippen LogP contribution in [0, 0.1) is 5.92 Å². The average Bonchev–Trinajstić information content (AvgIpc) is 2.92. The largest absolute Gasteiger partial charge is 0.478 e. The van der Waals surface area contributed by atoms with Crippen LogP contribution in [-0.4, -0.2) is 31.1 Å². The van der Waals surface area contributed by atoms with Crippen LogP contribution in [0.4, 0.5) is 11.4 Å². The monoisotopic (exact) mass is 517 g/mol. The summed E-state index contributed by atoms with van der Waals surface area (Å²) in [5.41, 5.74) is 4.77. The van der Waals surface area contributed by atoms with Gasteiger partial charge in [0.1, 0.15) is 0 Å². The lowest BCUT2D eigenvalue weighted by Gasteiger charge is -2.30. The molecule has 3 aromatic carbocycles. The minimum absolute atomic E-state index is 0.0940. The van der Waals surface area contributed by atoms with Crippen molar-refractivity contribution in [2.45, 2.75) is 38.6 Å². The molecule has 0 spiro atoms. The van der Waals surface area contributed by atoms with Crippen LogP contribution in [-0.2, 0) is 16.1 Å². The summed E-state index contributed by atoms with van der Waals surface area (Å²) in [5.74, 6) is -1.29. The molecule has 0 aliphatic heterocycles. The fourth-order valence-corrected chi connectivity index (χ4v) is 4.89. The second-order valence-corrected chi connectivity index (χ2v) is 10.0. The van der Waals surface area contributed by atoms with E-state index >= 15 is 0 Å².